The van der Waals surface area contributed by atoms with Crippen LogP contribution < -0.4 is 0 Å². The van der Waals surface area contributed by atoms with Crippen LogP contribution in [0.25, 0.3) is 0 Å². The standard InChI is InChI=1S/C19H24S/c1-14-10-11-16-17(12-14)20-18(2,3)13-19(16,4)15-8-6-5-7-9-15/h6,8-12H,5,7,13H2,1-4H3. The number of rotatable bonds is 1. The first kappa shape index (κ1) is 14.0. The lowest BCUT2D eigenvalue weighted by Gasteiger charge is -2.45. The summed E-state index contributed by atoms with van der Waals surface area (Å²) in [5.74, 6) is 0. The molecule has 106 valence electrons. The van der Waals surface area contributed by atoms with Gasteiger partial charge in [-0.2, -0.15) is 0 Å². The Morgan fingerprint density at radius 2 is 1.90 bits per heavy atom. The van der Waals surface area contributed by atoms with Crippen LogP contribution in [-0.4, -0.2) is 4.75 Å². The Morgan fingerprint density at radius 3 is 2.60 bits per heavy atom. The SMILES string of the molecule is Cc1ccc2c(c1)SC(C)(C)CC2(C)C1=CCCC=C1. The zero-order valence-electron chi connectivity index (χ0n) is 13.0. The molecule has 0 saturated carbocycles. The Bertz CT molecular complexity index is 592. The fourth-order valence-electron chi connectivity index (χ4n) is 3.73. The van der Waals surface area contributed by atoms with Gasteiger partial charge in [0, 0.05) is 15.1 Å². The summed E-state index contributed by atoms with van der Waals surface area (Å²) in [7, 11) is 0. The van der Waals surface area contributed by atoms with Crippen LogP contribution >= 0.6 is 11.8 Å². The average molecular weight is 284 g/mol. The van der Waals surface area contributed by atoms with E-state index in [2.05, 4.69) is 64.1 Å². The zero-order valence-corrected chi connectivity index (χ0v) is 13.8. The van der Waals surface area contributed by atoms with Crippen LogP contribution in [0.1, 0.15) is 51.2 Å². The summed E-state index contributed by atoms with van der Waals surface area (Å²) in [6, 6.07) is 6.99. The molecule has 0 saturated heterocycles. The van der Waals surface area contributed by atoms with Gasteiger partial charge in [-0.25, -0.2) is 0 Å². The van der Waals surface area contributed by atoms with Gasteiger partial charge in [0.25, 0.3) is 0 Å². The second-order valence-electron chi connectivity index (χ2n) is 7.01. The first-order chi connectivity index (χ1) is 9.41. The van der Waals surface area contributed by atoms with Crippen molar-refractivity contribution >= 4 is 11.8 Å². The predicted molar refractivity (Wildman–Crippen MR) is 89.5 cm³/mol. The monoisotopic (exact) mass is 284 g/mol. The number of hydrogen-bond donors (Lipinski definition) is 0. The molecule has 1 aromatic rings. The van der Waals surface area contributed by atoms with Crippen molar-refractivity contribution < 1.29 is 0 Å². The van der Waals surface area contributed by atoms with Gasteiger partial charge in [0.2, 0.25) is 0 Å². The molecule has 0 spiro atoms. The Labute approximate surface area is 127 Å². The van der Waals surface area contributed by atoms with E-state index in [1.165, 1.54) is 40.9 Å². The van der Waals surface area contributed by atoms with Crippen molar-refractivity contribution in [1.29, 1.82) is 0 Å². The van der Waals surface area contributed by atoms with E-state index in [1.807, 2.05) is 11.8 Å². The number of thioether (sulfide) groups is 1. The lowest BCUT2D eigenvalue weighted by molar-refractivity contribution is 0.435. The molecular formula is C19H24S. The normalized spacial score (nSPS) is 27.9. The van der Waals surface area contributed by atoms with Crippen molar-refractivity contribution in [2.45, 2.75) is 62.0 Å². The van der Waals surface area contributed by atoms with E-state index in [-0.39, 0.29) is 5.41 Å². The third kappa shape index (κ3) is 2.37. The molecule has 3 rings (SSSR count). The van der Waals surface area contributed by atoms with E-state index < -0.39 is 0 Å². The Hall–Kier alpha value is -0.950. The molecule has 0 aromatic heterocycles. The summed E-state index contributed by atoms with van der Waals surface area (Å²) in [5.41, 5.74) is 4.56. The van der Waals surface area contributed by atoms with Crippen LogP contribution in [0, 0.1) is 6.92 Å². The van der Waals surface area contributed by atoms with E-state index >= 15 is 0 Å². The van der Waals surface area contributed by atoms with Gasteiger partial charge in [0.05, 0.1) is 0 Å². The minimum atomic E-state index is 0.161. The van der Waals surface area contributed by atoms with Crippen molar-refractivity contribution in [2.75, 3.05) is 0 Å². The van der Waals surface area contributed by atoms with Crippen molar-refractivity contribution in [3.8, 4) is 0 Å². The largest absolute Gasteiger partial charge is 0.120 e. The van der Waals surface area contributed by atoms with E-state index in [0.29, 0.717) is 4.75 Å². The fraction of sp³-hybridized carbons (Fsp3) is 0.474. The summed E-state index contributed by atoms with van der Waals surface area (Å²) >= 11 is 2.04. The molecule has 1 aromatic carbocycles. The maximum atomic E-state index is 2.45. The molecule has 1 heteroatoms. The maximum absolute atomic E-state index is 2.45. The second kappa shape index (κ2) is 4.80. The van der Waals surface area contributed by atoms with Crippen molar-refractivity contribution in [3.63, 3.8) is 0 Å². The summed E-state index contributed by atoms with van der Waals surface area (Å²) < 4.78 is 0.293. The zero-order chi connectivity index (χ0) is 14.4. The smallest absolute Gasteiger partial charge is 0.0195 e. The predicted octanol–water partition coefficient (Wildman–Crippen LogP) is 5.80. The van der Waals surface area contributed by atoms with Gasteiger partial charge in [-0.15, -0.1) is 11.8 Å². The molecule has 1 unspecified atom stereocenters. The molecule has 1 atom stereocenters. The van der Waals surface area contributed by atoms with Crippen LogP contribution in [0.3, 0.4) is 0 Å². The van der Waals surface area contributed by atoms with Gasteiger partial charge in [0.1, 0.15) is 0 Å². The van der Waals surface area contributed by atoms with Gasteiger partial charge in [0.15, 0.2) is 0 Å². The molecule has 0 nitrogen and oxygen atoms in total. The van der Waals surface area contributed by atoms with E-state index in [1.54, 1.807) is 0 Å². The maximum Gasteiger partial charge on any atom is 0.0195 e. The second-order valence-corrected chi connectivity index (χ2v) is 8.76. The van der Waals surface area contributed by atoms with Crippen LogP contribution in [0.2, 0.25) is 0 Å². The van der Waals surface area contributed by atoms with Gasteiger partial charge < -0.3 is 0 Å². The van der Waals surface area contributed by atoms with E-state index in [0.717, 1.165) is 0 Å². The molecule has 0 amide bonds. The lowest BCUT2D eigenvalue weighted by Crippen LogP contribution is -2.37. The highest BCUT2D eigenvalue weighted by Gasteiger charge is 2.42. The molecule has 0 fully saturated rings. The Balaban J connectivity index is 2.16. The van der Waals surface area contributed by atoms with Crippen molar-refractivity contribution in [3.05, 3.63) is 53.1 Å². The topological polar surface area (TPSA) is 0 Å². The Morgan fingerprint density at radius 1 is 1.10 bits per heavy atom. The molecule has 1 aliphatic heterocycles. The van der Waals surface area contributed by atoms with E-state index in [9.17, 15) is 0 Å². The third-order valence-corrected chi connectivity index (χ3v) is 5.78. The number of fused-ring (bicyclic) bond motifs is 1. The van der Waals surface area contributed by atoms with Crippen LogP contribution in [0.15, 0.2) is 46.9 Å². The summed E-state index contributed by atoms with van der Waals surface area (Å²) in [6.45, 7) is 9.40. The highest BCUT2D eigenvalue weighted by Crippen LogP contribution is 2.54. The van der Waals surface area contributed by atoms with Crippen molar-refractivity contribution in [1.82, 2.24) is 0 Å². The van der Waals surface area contributed by atoms with Gasteiger partial charge >= 0.3 is 0 Å². The number of benzene rings is 1. The minimum Gasteiger partial charge on any atom is -0.120 e. The van der Waals surface area contributed by atoms with Crippen LogP contribution in [0.5, 0.6) is 0 Å². The highest BCUT2D eigenvalue weighted by atomic mass is 32.2. The molecule has 1 aliphatic carbocycles. The van der Waals surface area contributed by atoms with Crippen LogP contribution in [-0.2, 0) is 5.41 Å². The Kier molecular flexibility index (Phi) is 3.36. The van der Waals surface area contributed by atoms with Gasteiger partial charge in [-0.05, 0) is 49.0 Å². The first-order valence-corrected chi connectivity index (χ1v) is 8.40. The third-order valence-electron chi connectivity index (χ3n) is 4.53. The van der Waals surface area contributed by atoms with Gasteiger partial charge in [-0.3, -0.25) is 0 Å². The summed E-state index contributed by atoms with van der Waals surface area (Å²) in [4.78, 5) is 1.48. The number of allylic oxidation sites excluding steroid dienone is 4. The number of hydrogen-bond acceptors (Lipinski definition) is 1. The quantitative estimate of drug-likeness (QED) is 0.627. The van der Waals surface area contributed by atoms with Gasteiger partial charge in [-0.1, -0.05) is 51.1 Å². The molecule has 1 heterocycles. The molecule has 20 heavy (non-hydrogen) atoms. The summed E-state index contributed by atoms with van der Waals surface area (Å²) in [5, 5.41) is 0. The number of aryl methyl sites for hydroxylation is 1. The summed E-state index contributed by atoms with van der Waals surface area (Å²) in [6.07, 6.45) is 10.7. The molecule has 0 radical (unpaired) electrons. The molecular weight excluding hydrogens is 260 g/mol. The molecule has 0 bridgehead atoms. The lowest BCUT2D eigenvalue weighted by atomic mass is 9.68. The van der Waals surface area contributed by atoms with Crippen LogP contribution in [0.4, 0.5) is 0 Å². The average Bonchev–Trinajstić information content (AvgIpc) is 2.37. The van der Waals surface area contributed by atoms with E-state index in [4.69, 9.17) is 0 Å². The van der Waals surface area contributed by atoms with Crippen molar-refractivity contribution in [2.24, 2.45) is 0 Å². The fourth-order valence-corrected chi connectivity index (χ4v) is 5.33. The molecule has 2 aliphatic rings. The minimum absolute atomic E-state index is 0.161. The first-order valence-electron chi connectivity index (χ1n) is 7.58. The highest BCUT2D eigenvalue weighted by molar-refractivity contribution is 8.00. The molecule has 0 N–H and O–H groups in total.